The summed E-state index contributed by atoms with van der Waals surface area (Å²) in [6.45, 7) is 4.55. The second-order valence-electron chi connectivity index (χ2n) is 6.49. The maximum absolute atomic E-state index is 12.7. The number of halogens is 2. The minimum Gasteiger partial charge on any atom is -0.338 e. The van der Waals surface area contributed by atoms with E-state index in [9.17, 15) is 13.2 Å². The van der Waals surface area contributed by atoms with Gasteiger partial charge in [0.1, 0.15) is 0 Å². The lowest BCUT2D eigenvalue weighted by Crippen LogP contribution is -2.45. The van der Waals surface area contributed by atoms with E-state index >= 15 is 0 Å². The van der Waals surface area contributed by atoms with E-state index in [1.807, 2.05) is 31.9 Å². The predicted octanol–water partition coefficient (Wildman–Crippen LogP) is 3.02. The van der Waals surface area contributed by atoms with E-state index in [-0.39, 0.29) is 36.0 Å². The molecule has 1 heterocycles. The number of benzene rings is 1. The van der Waals surface area contributed by atoms with Gasteiger partial charge in [0.2, 0.25) is 5.91 Å². The van der Waals surface area contributed by atoms with Crippen molar-refractivity contribution in [2.24, 2.45) is 0 Å². The molecule has 1 aliphatic heterocycles. The highest BCUT2D eigenvalue weighted by molar-refractivity contribution is 7.91. The molecule has 0 spiro atoms. The summed E-state index contributed by atoms with van der Waals surface area (Å²) in [5.41, 5.74) is 0.896. The summed E-state index contributed by atoms with van der Waals surface area (Å²) in [7, 11) is -1.17. The summed E-state index contributed by atoms with van der Waals surface area (Å²) in [6.07, 6.45) is 0.518. The second kappa shape index (κ2) is 8.25. The summed E-state index contributed by atoms with van der Waals surface area (Å²) in [4.78, 5) is 16.3. The number of sulfone groups is 1. The SMILES string of the molecule is CCN(C(=O)CN(C)C(C)c1ccc(Cl)cc1Cl)C1CCS(=O)(=O)C1. The summed E-state index contributed by atoms with van der Waals surface area (Å²) < 4.78 is 23.4. The number of hydrogen-bond acceptors (Lipinski definition) is 4. The van der Waals surface area contributed by atoms with E-state index in [2.05, 4.69) is 0 Å². The Labute approximate surface area is 159 Å². The van der Waals surface area contributed by atoms with Gasteiger partial charge >= 0.3 is 0 Å². The van der Waals surface area contributed by atoms with Gasteiger partial charge in [-0.25, -0.2) is 8.42 Å². The zero-order valence-corrected chi connectivity index (χ0v) is 17.0. The molecule has 1 saturated heterocycles. The van der Waals surface area contributed by atoms with Crippen molar-refractivity contribution in [1.29, 1.82) is 0 Å². The summed E-state index contributed by atoms with van der Waals surface area (Å²) in [5.74, 6) is 0.159. The molecule has 5 nitrogen and oxygen atoms in total. The van der Waals surface area contributed by atoms with Crippen LogP contribution in [0.4, 0.5) is 0 Å². The molecular weight excluding hydrogens is 383 g/mol. The molecule has 2 atom stereocenters. The Hall–Kier alpha value is -0.820. The van der Waals surface area contributed by atoms with Gasteiger partial charge in [0.05, 0.1) is 18.1 Å². The smallest absolute Gasteiger partial charge is 0.237 e. The highest BCUT2D eigenvalue weighted by Crippen LogP contribution is 2.29. The second-order valence-corrected chi connectivity index (χ2v) is 9.57. The van der Waals surface area contributed by atoms with Crippen LogP contribution in [0.3, 0.4) is 0 Å². The topological polar surface area (TPSA) is 57.7 Å². The Bertz CT molecular complexity index is 739. The first-order valence-corrected chi connectivity index (χ1v) is 10.9. The number of amides is 1. The van der Waals surface area contributed by atoms with Gasteiger partial charge in [0, 0.05) is 28.7 Å². The van der Waals surface area contributed by atoms with Gasteiger partial charge in [-0.05, 0) is 45.0 Å². The van der Waals surface area contributed by atoms with E-state index in [0.717, 1.165) is 5.56 Å². The van der Waals surface area contributed by atoms with Crippen molar-refractivity contribution in [2.45, 2.75) is 32.4 Å². The fourth-order valence-corrected chi connectivity index (χ4v) is 5.48. The Morgan fingerprint density at radius 3 is 2.56 bits per heavy atom. The van der Waals surface area contributed by atoms with Gasteiger partial charge in [-0.2, -0.15) is 0 Å². The van der Waals surface area contributed by atoms with Crippen molar-refractivity contribution in [3.05, 3.63) is 33.8 Å². The highest BCUT2D eigenvalue weighted by atomic mass is 35.5. The molecule has 2 unspecified atom stereocenters. The molecule has 8 heteroatoms. The number of carbonyl (C=O) groups is 1. The zero-order chi connectivity index (χ0) is 18.8. The molecule has 0 N–H and O–H groups in total. The van der Waals surface area contributed by atoms with Crippen LogP contribution in [-0.4, -0.2) is 61.8 Å². The lowest BCUT2D eigenvalue weighted by atomic mass is 10.1. The molecule has 1 aliphatic rings. The van der Waals surface area contributed by atoms with Crippen LogP contribution in [0.1, 0.15) is 31.9 Å². The van der Waals surface area contributed by atoms with Crippen molar-refractivity contribution in [1.82, 2.24) is 9.80 Å². The van der Waals surface area contributed by atoms with Crippen LogP contribution < -0.4 is 0 Å². The van der Waals surface area contributed by atoms with Gasteiger partial charge in [-0.3, -0.25) is 9.69 Å². The molecule has 1 aromatic carbocycles. The maximum Gasteiger partial charge on any atom is 0.237 e. The van der Waals surface area contributed by atoms with Crippen LogP contribution in [0.25, 0.3) is 0 Å². The first-order valence-electron chi connectivity index (χ1n) is 8.29. The van der Waals surface area contributed by atoms with Crippen molar-refractivity contribution in [3.63, 3.8) is 0 Å². The first-order chi connectivity index (χ1) is 11.6. The first kappa shape index (κ1) is 20.5. The van der Waals surface area contributed by atoms with Gasteiger partial charge in [-0.15, -0.1) is 0 Å². The fourth-order valence-electron chi connectivity index (χ4n) is 3.18. The van der Waals surface area contributed by atoms with E-state index in [1.165, 1.54) is 0 Å². The molecule has 1 amide bonds. The molecule has 0 saturated carbocycles. The lowest BCUT2D eigenvalue weighted by molar-refractivity contribution is -0.134. The summed E-state index contributed by atoms with van der Waals surface area (Å²) in [6, 6.07) is 5.03. The zero-order valence-electron chi connectivity index (χ0n) is 14.7. The molecular formula is C17H24Cl2N2O3S. The van der Waals surface area contributed by atoms with Gasteiger partial charge in [0.25, 0.3) is 0 Å². The monoisotopic (exact) mass is 406 g/mol. The van der Waals surface area contributed by atoms with Crippen LogP contribution in [0.5, 0.6) is 0 Å². The number of carbonyl (C=O) groups excluding carboxylic acids is 1. The van der Waals surface area contributed by atoms with Crippen LogP contribution in [-0.2, 0) is 14.6 Å². The van der Waals surface area contributed by atoms with Crippen LogP contribution in [0, 0.1) is 0 Å². The van der Waals surface area contributed by atoms with E-state index < -0.39 is 9.84 Å². The average molecular weight is 407 g/mol. The molecule has 1 aromatic rings. The van der Waals surface area contributed by atoms with E-state index in [1.54, 1.807) is 17.0 Å². The Balaban J connectivity index is 2.05. The fraction of sp³-hybridized carbons (Fsp3) is 0.588. The summed E-state index contributed by atoms with van der Waals surface area (Å²) in [5, 5.41) is 1.13. The highest BCUT2D eigenvalue weighted by Gasteiger charge is 2.34. The number of nitrogens with zero attached hydrogens (tertiary/aromatic N) is 2. The van der Waals surface area contributed by atoms with Crippen molar-refractivity contribution in [3.8, 4) is 0 Å². The van der Waals surface area contributed by atoms with Gasteiger partial charge < -0.3 is 4.90 Å². The maximum atomic E-state index is 12.7. The standard InChI is InChI=1S/C17H24Cl2N2O3S/c1-4-21(14-7-8-25(23,24)11-14)17(22)10-20(3)12(2)15-6-5-13(18)9-16(15)19/h5-6,9,12,14H,4,7-8,10-11H2,1-3H3. The third-order valence-corrected chi connectivity index (χ3v) is 7.08. The van der Waals surface area contributed by atoms with Crippen molar-refractivity contribution >= 4 is 38.9 Å². The Kier molecular flexibility index (Phi) is 6.76. The molecule has 25 heavy (non-hydrogen) atoms. The lowest BCUT2D eigenvalue weighted by Gasteiger charge is -2.31. The minimum atomic E-state index is -3.02. The molecule has 0 bridgehead atoms. The largest absolute Gasteiger partial charge is 0.338 e. The number of hydrogen-bond donors (Lipinski definition) is 0. The van der Waals surface area contributed by atoms with Crippen molar-refractivity contribution in [2.75, 3.05) is 31.6 Å². The van der Waals surface area contributed by atoms with Crippen LogP contribution >= 0.6 is 23.2 Å². The van der Waals surface area contributed by atoms with Crippen LogP contribution in [0.2, 0.25) is 10.0 Å². The molecule has 2 rings (SSSR count). The minimum absolute atomic E-state index is 0.0643. The third kappa shape index (κ3) is 5.09. The van der Waals surface area contributed by atoms with E-state index in [4.69, 9.17) is 23.2 Å². The van der Waals surface area contributed by atoms with Crippen LogP contribution in [0.15, 0.2) is 18.2 Å². The third-order valence-electron chi connectivity index (χ3n) is 4.77. The average Bonchev–Trinajstić information content (AvgIpc) is 2.87. The quantitative estimate of drug-likeness (QED) is 0.728. The number of rotatable bonds is 6. The van der Waals surface area contributed by atoms with E-state index in [0.29, 0.717) is 23.0 Å². The van der Waals surface area contributed by atoms with Crippen molar-refractivity contribution < 1.29 is 13.2 Å². The molecule has 0 aliphatic carbocycles. The Morgan fingerprint density at radius 1 is 1.36 bits per heavy atom. The molecule has 1 fully saturated rings. The Morgan fingerprint density at radius 2 is 2.04 bits per heavy atom. The summed E-state index contributed by atoms with van der Waals surface area (Å²) >= 11 is 12.2. The number of likely N-dealkylation sites (N-methyl/N-ethyl adjacent to an activating group) is 2. The van der Waals surface area contributed by atoms with Gasteiger partial charge in [-0.1, -0.05) is 29.3 Å². The molecule has 0 radical (unpaired) electrons. The van der Waals surface area contributed by atoms with Gasteiger partial charge in [0.15, 0.2) is 9.84 Å². The molecule has 140 valence electrons. The molecule has 0 aromatic heterocycles. The normalized spacial score (nSPS) is 20.6. The predicted molar refractivity (Wildman–Crippen MR) is 102 cm³/mol.